The molecule has 0 unspecified atom stereocenters. The van der Waals surface area contributed by atoms with Crippen LogP contribution in [0.25, 0.3) is 0 Å². The Bertz CT molecular complexity index is 1430. The SMILES string of the molecule is CCCSc1nc2c(c(Nc3ccc(S(=O)(=O)C(F)(F)F)cc3)n1)CCN(c1ncccc1C(F)(F)F)CC2. The number of fused-ring (bicyclic) bond motifs is 1. The van der Waals surface area contributed by atoms with E-state index < -0.39 is 32.0 Å². The summed E-state index contributed by atoms with van der Waals surface area (Å²) in [7, 11) is -5.50. The first-order valence-electron chi connectivity index (χ1n) is 11.8. The van der Waals surface area contributed by atoms with Crippen molar-refractivity contribution in [2.75, 3.05) is 29.1 Å². The molecular formula is C24H23F6N5O2S2. The topological polar surface area (TPSA) is 88.1 Å². The molecule has 15 heteroatoms. The van der Waals surface area contributed by atoms with Gasteiger partial charge in [-0.25, -0.2) is 23.4 Å². The Labute approximate surface area is 225 Å². The minimum absolute atomic E-state index is 0.178. The third kappa shape index (κ3) is 6.40. The maximum Gasteiger partial charge on any atom is 0.501 e. The number of benzene rings is 1. The molecule has 0 bridgehead atoms. The molecule has 0 aliphatic carbocycles. The summed E-state index contributed by atoms with van der Waals surface area (Å²) in [6, 6.07) is 6.29. The highest BCUT2D eigenvalue weighted by atomic mass is 32.2. The van der Waals surface area contributed by atoms with Crippen LogP contribution in [0.5, 0.6) is 0 Å². The van der Waals surface area contributed by atoms with Crippen molar-refractivity contribution < 1.29 is 34.8 Å². The van der Waals surface area contributed by atoms with Crippen LogP contribution in [0.4, 0.5) is 43.7 Å². The number of sulfone groups is 1. The van der Waals surface area contributed by atoms with Crippen LogP contribution < -0.4 is 10.2 Å². The van der Waals surface area contributed by atoms with E-state index in [-0.39, 0.29) is 31.0 Å². The van der Waals surface area contributed by atoms with Crippen LogP contribution in [0.15, 0.2) is 52.6 Å². The fourth-order valence-electron chi connectivity index (χ4n) is 4.01. The van der Waals surface area contributed by atoms with E-state index in [9.17, 15) is 34.8 Å². The van der Waals surface area contributed by atoms with E-state index in [1.165, 1.54) is 36.2 Å². The van der Waals surface area contributed by atoms with Gasteiger partial charge in [-0.2, -0.15) is 26.3 Å². The second-order valence-electron chi connectivity index (χ2n) is 8.59. The van der Waals surface area contributed by atoms with Gasteiger partial charge in [0.25, 0.3) is 9.84 Å². The lowest BCUT2D eigenvalue weighted by Crippen LogP contribution is -2.29. The van der Waals surface area contributed by atoms with Crippen LogP contribution in [0.3, 0.4) is 0 Å². The maximum atomic E-state index is 13.6. The summed E-state index contributed by atoms with van der Waals surface area (Å²) in [4.78, 5) is 13.8. The van der Waals surface area contributed by atoms with Crippen molar-refractivity contribution in [3.63, 3.8) is 0 Å². The molecule has 39 heavy (non-hydrogen) atoms. The smallest absolute Gasteiger partial charge is 0.355 e. The molecule has 0 amide bonds. The molecule has 1 N–H and O–H groups in total. The molecule has 210 valence electrons. The number of alkyl halides is 6. The van der Waals surface area contributed by atoms with Gasteiger partial charge >= 0.3 is 11.7 Å². The van der Waals surface area contributed by atoms with Gasteiger partial charge in [0.1, 0.15) is 11.6 Å². The number of halogens is 6. The quantitative estimate of drug-likeness (QED) is 0.202. The number of pyridine rings is 1. The Kier molecular flexibility index (Phi) is 8.30. The van der Waals surface area contributed by atoms with E-state index in [1.807, 2.05) is 6.92 Å². The normalized spacial score (nSPS) is 14.6. The van der Waals surface area contributed by atoms with Crippen molar-refractivity contribution in [2.24, 2.45) is 0 Å². The van der Waals surface area contributed by atoms with Crippen LogP contribution in [0.1, 0.15) is 30.2 Å². The monoisotopic (exact) mass is 591 g/mol. The number of hydrogen-bond donors (Lipinski definition) is 1. The van der Waals surface area contributed by atoms with Crippen LogP contribution in [0, 0.1) is 0 Å². The van der Waals surface area contributed by atoms with Crippen molar-refractivity contribution in [3.8, 4) is 0 Å². The molecule has 4 rings (SSSR count). The highest BCUT2D eigenvalue weighted by Gasteiger charge is 2.46. The van der Waals surface area contributed by atoms with Crippen molar-refractivity contribution in [2.45, 2.75) is 47.9 Å². The van der Waals surface area contributed by atoms with E-state index in [0.29, 0.717) is 28.7 Å². The van der Waals surface area contributed by atoms with Crippen molar-refractivity contribution in [1.29, 1.82) is 0 Å². The first-order chi connectivity index (χ1) is 18.3. The molecule has 0 saturated carbocycles. The zero-order valence-electron chi connectivity index (χ0n) is 20.5. The third-order valence-corrected chi connectivity index (χ3v) is 8.44. The summed E-state index contributed by atoms with van der Waals surface area (Å²) < 4.78 is 103. The molecule has 1 aliphatic rings. The van der Waals surface area contributed by atoms with Crippen LogP contribution in [-0.4, -0.2) is 47.7 Å². The highest BCUT2D eigenvalue weighted by Crippen LogP contribution is 2.37. The fourth-order valence-corrected chi connectivity index (χ4v) is 5.49. The maximum absolute atomic E-state index is 13.6. The third-order valence-electron chi connectivity index (χ3n) is 5.88. The summed E-state index contributed by atoms with van der Waals surface area (Å²) >= 11 is 1.40. The zero-order chi connectivity index (χ0) is 28.4. The second kappa shape index (κ2) is 11.2. The fraction of sp³-hybridized carbons (Fsp3) is 0.375. The number of rotatable bonds is 7. The number of thioether (sulfide) groups is 1. The summed E-state index contributed by atoms with van der Waals surface area (Å²) in [5.41, 5.74) is -4.70. The Balaban J connectivity index is 1.65. The number of aromatic nitrogens is 3. The van der Waals surface area contributed by atoms with E-state index in [0.717, 1.165) is 30.4 Å². The molecule has 0 fully saturated rings. The standard InChI is InChI=1S/C24H23F6N5O2S2/c1-2-14-38-22-33-19-10-13-35(21-18(23(25,26)27)4-3-11-31-21)12-9-17(19)20(34-22)32-15-5-7-16(8-6-15)39(36,37)24(28,29)30/h3-8,11H,2,9-10,12-14H2,1H3,(H,32,33,34). The van der Waals surface area contributed by atoms with Crippen LogP contribution in [-0.2, 0) is 28.9 Å². The number of nitrogens with zero attached hydrogens (tertiary/aromatic N) is 4. The molecular weight excluding hydrogens is 568 g/mol. The predicted molar refractivity (Wildman–Crippen MR) is 135 cm³/mol. The zero-order valence-corrected chi connectivity index (χ0v) is 22.1. The van der Waals surface area contributed by atoms with E-state index in [2.05, 4.69) is 20.3 Å². The molecule has 0 saturated heterocycles. The van der Waals surface area contributed by atoms with E-state index >= 15 is 0 Å². The molecule has 3 heterocycles. The first kappa shape index (κ1) is 28.9. The van der Waals surface area contributed by atoms with Gasteiger partial charge in [-0.05, 0) is 49.2 Å². The first-order valence-corrected chi connectivity index (χ1v) is 14.3. The van der Waals surface area contributed by atoms with E-state index in [4.69, 9.17) is 0 Å². The second-order valence-corrected chi connectivity index (χ2v) is 11.6. The van der Waals surface area contributed by atoms with Gasteiger partial charge in [0, 0.05) is 42.7 Å². The van der Waals surface area contributed by atoms with Gasteiger partial charge in [-0.3, -0.25) is 0 Å². The number of nitrogens with one attached hydrogen (secondary N) is 1. The van der Waals surface area contributed by atoms with E-state index in [1.54, 1.807) is 4.90 Å². The molecule has 0 spiro atoms. The number of anilines is 3. The Hall–Kier alpha value is -3.07. The summed E-state index contributed by atoms with van der Waals surface area (Å²) in [6.45, 7) is 2.40. The summed E-state index contributed by atoms with van der Waals surface area (Å²) in [5, 5.41) is 3.47. The molecule has 0 atom stereocenters. The molecule has 1 aromatic carbocycles. The number of hydrogen-bond acceptors (Lipinski definition) is 8. The van der Waals surface area contributed by atoms with Gasteiger partial charge in [0.05, 0.1) is 16.2 Å². The average molecular weight is 592 g/mol. The Morgan fingerprint density at radius 3 is 2.33 bits per heavy atom. The summed E-state index contributed by atoms with van der Waals surface area (Å²) in [6.07, 6.45) is -1.85. The minimum Gasteiger partial charge on any atom is -0.355 e. The van der Waals surface area contributed by atoms with Crippen molar-refractivity contribution >= 4 is 38.9 Å². The molecule has 7 nitrogen and oxygen atoms in total. The largest absolute Gasteiger partial charge is 0.501 e. The van der Waals surface area contributed by atoms with Gasteiger partial charge in [-0.15, -0.1) is 0 Å². The van der Waals surface area contributed by atoms with Gasteiger partial charge in [0.15, 0.2) is 5.16 Å². The van der Waals surface area contributed by atoms with Crippen molar-refractivity contribution in [3.05, 3.63) is 59.4 Å². The molecule has 2 aromatic heterocycles. The van der Waals surface area contributed by atoms with Gasteiger partial charge in [-0.1, -0.05) is 18.7 Å². The predicted octanol–water partition coefficient (Wildman–Crippen LogP) is 6.03. The Morgan fingerprint density at radius 1 is 1.00 bits per heavy atom. The van der Waals surface area contributed by atoms with Gasteiger partial charge < -0.3 is 10.2 Å². The minimum atomic E-state index is -5.50. The lowest BCUT2D eigenvalue weighted by atomic mass is 10.1. The van der Waals surface area contributed by atoms with Crippen LogP contribution >= 0.6 is 11.8 Å². The summed E-state index contributed by atoms with van der Waals surface area (Å²) in [5.74, 6) is 0.892. The molecule has 0 radical (unpaired) electrons. The highest BCUT2D eigenvalue weighted by molar-refractivity contribution is 7.99. The lowest BCUT2D eigenvalue weighted by Gasteiger charge is -2.24. The Morgan fingerprint density at radius 2 is 1.69 bits per heavy atom. The van der Waals surface area contributed by atoms with Crippen LogP contribution in [0.2, 0.25) is 0 Å². The van der Waals surface area contributed by atoms with Gasteiger partial charge in [0.2, 0.25) is 0 Å². The molecule has 1 aliphatic heterocycles. The molecule has 3 aromatic rings. The van der Waals surface area contributed by atoms with Crippen molar-refractivity contribution in [1.82, 2.24) is 15.0 Å². The lowest BCUT2D eigenvalue weighted by molar-refractivity contribution is -0.137. The average Bonchev–Trinajstić information content (AvgIpc) is 3.09.